The van der Waals surface area contributed by atoms with Crippen molar-refractivity contribution in [2.24, 2.45) is 5.92 Å². The summed E-state index contributed by atoms with van der Waals surface area (Å²) in [6.07, 6.45) is 7.96. The third kappa shape index (κ3) is 6.38. The van der Waals surface area contributed by atoms with E-state index in [4.69, 9.17) is 21.1 Å². The summed E-state index contributed by atoms with van der Waals surface area (Å²) >= 11 is 5.88. The van der Waals surface area contributed by atoms with Gasteiger partial charge in [0, 0.05) is 61.6 Å². The minimum Gasteiger partial charge on any atom is -0.493 e. The lowest BCUT2D eigenvalue weighted by Crippen LogP contribution is -2.38. The van der Waals surface area contributed by atoms with Crippen LogP contribution in [-0.2, 0) is 6.42 Å². The van der Waals surface area contributed by atoms with Crippen LogP contribution in [0.5, 0.6) is 11.5 Å². The molecule has 1 aliphatic rings. The Balaban J connectivity index is 1.27. The second-order valence-corrected chi connectivity index (χ2v) is 8.71. The first-order chi connectivity index (χ1) is 16.6. The van der Waals surface area contributed by atoms with E-state index in [1.807, 2.05) is 30.6 Å². The Morgan fingerprint density at radius 1 is 1.12 bits per heavy atom. The molecular formula is C26H29ClN4O3. The van der Waals surface area contributed by atoms with Gasteiger partial charge in [-0.05, 0) is 61.2 Å². The number of hydrogen-bond acceptors (Lipinski definition) is 6. The minimum atomic E-state index is -0.108. The summed E-state index contributed by atoms with van der Waals surface area (Å²) in [6.45, 7) is 3.03. The molecule has 0 saturated carbocycles. The molecule has 178 valence electrons. The predicted octanol–water partition coefficient (Wildman–Crippen LogP) is 4.41. The van der Waals surface area contributed by atoms with Gasteiger partial charge in [-0.3, -0.25) is 14.8 Å². The van der Waals surface area contributed by atoms with Crippen LogP contribution < -0.4 is 19.7 Å². The number of aromatic nitrogens is 2. The predicted molar refractivity (Wildman–Crippen MR) is 133 cm³/mol. The zero-order valence-electron chi connectivity index (χ0n) is 19.2. The molecule has 1 fully saturated rings. The fourth-order valence-electron chi connectivity index (χ4n) is 4.04. The molecule has 0 aliphatic carbocycles. The highest BCUT2D eigenvalue weighted by molar-refractivity contribution is 6.30. The third-order valence-electron chi connectivity index (χ3n) is 6.02. The zero-order valence-corrected chi connectivity index (χ0v) is 20.0. The van der Waals surface area contributed by atoms with E-state index in [0.717, 1.165) is 31.6 Å². The molecule has 2 aromatic heterocycles. The van der Waals surface area contributed by atoms with Crippen molar-refractivity contribution >= 4 is 23.2 Å². The second kappa shape index (κ2) is 11.7. The van der Waals surface area contributed by atoms with Gasteiger partial charge in [0.1, 0.15) is 0 Å². The number of pyridine rings is 2. The highest BCUT2D eigenvalue weighted by Crippen LogP contribution is 2.28. The van der Waals surface area contributed by atoms with Gasteiger partial charge in [0.05, 0.1) is 18.7 Å². The molecule has 0 radical (unpaired) electrons. The fraction of sp³-hybridized carbons (Fsp3) is 0.346. The molecular weight excluding hydrogens is 452 g/mol. The van der Waals surface area contributed by atoms with Gasteiger partial charge in [-0.15, -0.1) is 0 Å². The summed E-state index contributed by atoms with van der Waals surface area (Å²) in [5.74, 6) is 1.48. The number of halogens is 1. The van der Waals surface area contributed by atoms with Crippen LogP contribution in [0.4, 0.5) is 5.69 Å². The maximum Gasteiger partial charge on any atom is 0.251 e. The van der Waals surface area contributed by atoms with E-state index in [9.17, 15) is 4.79 Å². The number of rotatable bonds is 9. The van der Waals surface area contributed by atoms with Crippen molar-refractivity contribution in [2.75, 3.05) is 38.3 Å². The van der Waals surface area contributed by atoms with E-state index in [-0.39, 0.29) is 5.91 Å². The van der Waals surface area contributed by atoms with E-state index in [2.05, 4.69) is 20.2 Å². The number of amides is 1. The van der Waals surface area contributed by atoms with Crippen LogP contribution >= 0.6 is 11.6 Å². The molecule has 0 bridgehead atoms. The number of anilines is 1. The molecule has 4 rings (SSSR count). The molecule has 0 unspecified atom stereocenters. The Morgan fingerprint density at radius 3 is 2.62 bits per heavy atom. The Hall–Kier alpha value is -3.32. The smallest absolute Gasteiger partial charge is 0.251 e. The topological polar surface area (TPSA) is 76.6 Å². The lowest BCUT2D eigenvalue weighted by atomic mass is 9.96. The third-order valence-corrected chi connectivity index (χ3v) is 6.25. The fourth-order valence-corrected chi connectivity index (χ4v) is 4.15. The van der Waals surface area contributed by atoms with E-state index in [0.29, 0.717) is 47.6 Å². The van der Waals surface area contributed by atoms with Gasteiger partial charge in [0.25, 0.3) is 5.91 Å². The molecule has 1 N–H and O–H groups in total. The maximum atomic E-state index is 12.8. The molecule has 7 nitrogen and oxygen atoms in total. The molecule has 0 spiro atoms. The molecule has 1 aliphatic heterocycles. The Bertz CT molecular complexity index is 1070. The quantitative estimate of drug-likeness (QED) is 0.489. The molecule has 8 heteroatoms. The molecule has 1 amide bonds. The number of nitrogens with zero attached hydrogens (tertiary/aromatic N) is 3. The van der Waals surface area contributed by atoms with E-state index in [1.165, 1.54) is 5.69 Å². The molecule has 1 saturated heterocycles. The molecule has 0 atom stereocenters. The van der Waals surface area contributed by atoms with E-state index >= 15 is 0 Å². The monoisotopic (exact) mass is 480 g/mol. The first kappa shape index (κ1) is 23.8. The van der Waals surface area contributed by atoms with Crippen LogP contribution in [0.2, 0.25) is 5.02 Å². The standard InChI is InChI=1S/C26H29ClN4O3/c1-33-24-5-2-20(16-25(24)34-15-10-22-4-3-21(27)18-29-22)26(32)30-17-19-8-13-31(14-9-19)23-6-11-28-12-7-23/h2-7,11-12,16,18-19H,8-10,13-15,17H2,1H3,(H,30,32). The first-order valence-corrected chi connectivity index (χ1v) is 11.8. The molecule has 1 aromatic carbocycles. The number of benzene rings is 1. The van der Waals surface area contributed by atoms with Crippen LogP contribution in [0.1, 0.15) is 28.9 Å². The summed E-state index contributed by atoms with van der Waals surface area (Å²) in [4.78, 5) is 23.5. The van der Waals surface area contributed by atoms with E-state index < -0.39 is 0 Å². The lowest BCUT2D eigenvalue weighted by Gasteiger charge is -2.33. The van der Waals surface area contributed by atoms with Gasteiger partial charge in [-0.2, -0.15) is 0 Å². The van der Waals surface area contributed by atoms with Crippen LogP contribution in [0.15, 0.2) is 61.1 Å². The first-order valence-electron chi connectivity index (χ1n) is 11.5. The summed E-state index contributed by atoms with van der Waals surface area (Å²) < 4.78 is 11.3. The largest absolute Gasteiger partial charge is 0.493 e. The van der Waals surface area contributed by atoms with Gasteiger partial charge < -0.3 is 19.7 Å². The summed E-state index contributed by atoms with van der Waals surface area (Å²) in [6, 6.07) is 13.0. The molecule has 34 heavy (non-hydrogen) atoms. The Labute approximate surface area is 205 Å². The van der Waals surface area contributed by atoms with Crippen LogP contribution in [0, 0.1) is 5.92 Å². The van der Waals surface area contributed by atoms with Gasteiger partial charge in [0.15, 0.2) is 11.5 Å². The van der Waals surface area contributed by atoms with Crippen molar-refractivity contribution in [2.45, 2.75) is 19.3 Å². The van der Waals surface area contributed by atoms with Gasteiger partial charge in [0.2, 0.25) is 0 Å². The lowest BCUT2D eigenvalue weighted by molar-refractivity contribution is 0.0944. The zero-order chi connectivity index (χ0) is 23.8. The summed E-state index contributed by atoms with van der Waals surface area (Å²) in [5, 5.41) is 3.69. The Morgan fingerprint density at radius 2 is 1.91 bits per heavy atom. The normalized spacial score (nSPS) is 14.0. The van der Waals surface area contributed by atoms with Crippen LogP contribution in [0.25, 0.3) is 0 Å². The average molecular weight is 481 g/mol. The summed E-state index contributed by atoms with van der Waals surface area (Å²) in [7, 11) is 1.58. The molecule has 3 aromatic rings. The highest BCUT2D eigenvalue weighted by atomic mass is 35.5. The number of ether oxygens (including phenoxy) is 2. The van der Waals surface area contributed by atoms with Crippen molar-refractivity contribution in [3.63, 3.8) is 0 Å². The van der Waals surface area contributed by atoms with Crippen molar-refractivity contribution < 1.29 is 14.3 Å². The number of hydrogen-bond donors (Lipinski definition) is 1. The van der Waals surface area contributed by atoms with Crippen molar-refractivity contribution in [1.82, 2.24) is 15.3 Å². The SMILES string of the molecule is COc1ccc(C(=O)NCC2CCN(c3ccncc3)CC2)cc1OCCc1ccc(Cl)cn1. The van der Waals surface area contributed by atoms with Crippen molar-refractivity contribution in [3.8, 4) is 11.5 Å². The highest BCUT2D eigenvalue weighted by Gasteiger charge is 2.20. The van der Waals surface area contributed by atoms with Gasteiger partial charge >= 0.3 is 0 Å². The Kier molecular flexibility index (Phi) is 8.20. The minimum absolute atomic E-state index is 0.108. The maximum absolute atomic E-state index is 12.8. The van der Waals surface area contributed by atoms with Gasteiger partial charge in [-0.25, -0.2) is 0 Å². The number of carbonyl (C=O) groups is 1. The van der Waals surface area contributed by atoms with Crippen LogP contribution in [0.3, 0.4) is 0 Å². The molecule has 3 heterocycles. The van der Waals surface area contributed by atoms with Crippen LogP contribution in [-0.4, -0.2) is 49.2 Å². The summed E-state index contributed by atoms with van der Waals surface area (Å²) in [5.41, 5.74) is 2.64. The number of methoxy groups -OCH3 is 1. The van der Waals surface area contributed by atoms with Gasteiger partial charge in [-0.1, -0.05) is 11.6 Å². The van der Waals surface area contributed by atoms with Crippen molar-refractivity contribution in [3.05, 3.63) is 77.3 Å². The number of carbonyl (C=O) groups excluding carboxylic acids is 1. The average Bonchev–Trinajstić information content (AvgIpc) is 2.89. The van der Waals surface area contributed by atoms with E-state index in [1.54, 1.807) is 37.6 Å². The number of piperidine rings is 1. The van der Waals surface area contributed by atoms with Crippen molar-refractivity contribution in [1.29, 1.82) is 0 Å². The number of nitrogens with one attached hydrogen (secondary N) is 1. The second-order valence-electron chi connectivity index (χ2n) is 8.28.